The smallest absolute Gasteiger partial charge is 0.0665 e. The van der Waals surface area contributed by atoms with Gasteiger partial charge in [-0.1, -0.05) is 29.8 Å². The first-order chi connectivity index (χ1) is 6.25. The molecule has 0 aliphatic carbocycles. The standard InChI is InChI=1S/C11H10ClN/c1-8-5-6-11(13-8)9-3-2-4-10(12)7-9/h2-4,6-7H,5H2,1H3. The Morgan fingerprint density at radius 1 is 1.38 bits per heavy atom. The molecule has 0 fully saturated rings. The van der Waals surface area contributed by atoms with Crippen LogP contribution in [-0.4, -0.2) is 5.71 Å². The number of nitrogens with zero attached hydrogens (tertiary/aromatic N) is 1. The Kier molecular flexibility index (Phi) is 2.19. The van der Waals surface area contributed by atoms with Crippen LogP contribution in [0, 0.1) is 0 Å². The maximum Gasteiger partial charge on any atom is 0.0665 e. The maximum absolute atomic E-state index is 5.88. The normalized spacial score (nSPS) is 15.5. The Morgan fingerprint density at radius 3 is 2.85 bits per heavy atom. The Hall–Kier alpha value is -1.08. The monoisotopic (exact) mass is 191 g/mol. The fourth-order valence-electron chi connectivity index (χ4n) is 1.37. The van der Waals surface area contributed by atoms with Gasteiger partial charge in [0, 0.05) is 22.7 Å². The zero-order chi connectivity index (χ0) is 9.26. The van der Waals surface area contributed by atoms with E-state index in [9.17, 15) is 0 Å². The van der Waals surface area contributed by atoms with Crippen molar-refractivity contribution in [2.75, 3.05) is 0 Å². The molecule has 1 aromatic rings. The predicted octanol–water partition coefficient (Wildman–Crippen LogP) is 3.55. The molecule has 0 amide bonds. The van der Waals surface area contributed by atoms with Gasteiger partial charge in [-0.05, 0) is 19.1 Å². The summed E-state index contributed by atoms with van der Waals surface area (Å²) in [7, 11) is 0. The molecule has 1 aliphatic heterocycles. The molecular weight excluding hydrogens is 182 g/mol. The highest BCUT2D eigenvalue weighted by molar-refractivity contribution is 6.30. The van der Waals surface area contributed by atoms with Gasteiger partial charge in [-0.15, -0.1) is 0 Å². The van der Waals surface area contributed by atoms with Crippen LogP contribution in [0.4, 0.5) is 0 Å². The van der Waals surface area contributed by atoms with Crippen LogP contribution in [0.1, 0.15) is 18.9 Å². The van der Waals surface area contributed by atoms with Crippen LogP contribution in [0.5, 0.6) is 0 Å². The molecule has 0 radical (unpaired) electrons. The fraction of sp³-hybridized carbons (Fsp3) is 0.182. The molecule has 0 atom stereocenters. The van der Waals surface area contributed by atoms with Crippen LogP contribution in [0.25, 0.3) is 5.70 Å². The number of hydrogen-bond donors (Lipinski definition) is 0. The van der Waals surface area contributed by atoms with Gasteiger partial charge in [0.1, 0.15) is 0 Å². The largest absolute Gasteiger partial charge is 0.258 e. The first-order valence-corrected chi connectivity index (χ1v) is 4.64. The number of allylic oxidation sites excluding steroid dienone is 1. The van der Waals surface area contributed by atoms with Crippen LogP contribution in [0.3, 0.4) is 0 Å². The van der Waals surface area contributed by atoms with Crippen molar-refractivity contribution in [3.63, 3.8) is 0 Å². The molecule has 2 heteroatoms. The third-order valence-electron chi connectivity index (χ3n) is 2.02. The minimum atomic E-state index is 0.762. The summed E-state index contributed by atoms with van der Waals surface area (Å²) in [6.45, 7) is 2.04. The van der Waals surface area contributed by atoms with Gasteiger partial charge in [0.2, 0.25) is 0 Å². The molecule has 0 bridgehead atoms. The van der Waals surface area contributed by atoms with Crippen LogP contribution in [0.2, 0.25) is 5.02 Å². The van der Waals surface area contributed by atoms with Gasteiger partial charge in [0.05, 0.1) is 5.70 Å². The third-order valence-corrected chi connectivity index (χ3v) is 2.26. The highest BCUT2D eigenvalue weighted by Gasteiger charge is 2.06. The van der Waals surface area contributed by atoms with Gasteiger partial charge >= 0.3 is 0 Å². The molecule has 2 rings (SSSR count). The average Bonchev–Trinajstić information content (AvgIpc) is 2.52. The highest BCUT2D eigenvalue weighted by atomic mass is 35.5. The van der Waals surface area contributed by atoms with Crippen molar-refractivity contribution >= 4 is 23.0 Å². The van der Waals surface area contributed by atoms with Gasteiger partial charge in [-0.2, -0.15) is 0 Å². The van der Waals surface area contributed by atoms with Crippen LogP contribution in [0.15, 0.2) is 35.3 Å². The van der Waals surface area contributed by atoms with E-state index in [0.29, 0.717) is 0 Å². The molecule has 13 heavy (non-hydrogen) atoms. The summed E-state index contributed by atoms with van der Waals surface area (Å²) < 4.78 is 0. The van der Waals surface area contributed by atoms with Crippen molar-refractivity contribution in [2.45, 2.75) is 13.3 Å². The number of aliphatic imine (C=N–C) groups is 1. The van der Waals surface area contributed by atoms with E-state index in [-0.39, 0.29) is 0 Å². The molecule has 0 saturated heterocycles. The van der Waals surface area contributed by atoms with Crippen molar-refractivity contribution in [3.8, 4) is 0 Å². The van der Waals surface area contributed by atoms with Crippen molar-refractivity contribution in [2.24, 2.45) is 4.99 Å². The lowest BCUT2D eigenvalue weighted by Crippen LogP contribution is -1.80. The molecule has 0 unspecified atom stereocenters. The van der Waals surface area contributed by atoms with E-state index in [0.717, 1.165) is 28.4 Å². The fourth-order valence-corrected chi connectivity index (χ4v) is 1.56. The van der Waals surface area contributed by atoms with E-state index >= 15 is 0 Å². The van der Waals surface area contributed by atoms with Gasteiger partial charge < -0.3 is 0 Å². The minimum Gasteiger partial charge on any atom is -0.258 e. The number of hydrogen-bond acceptors (Lipinski definition) is 1. The molecule has 66 valence electrons. The van der Waals surface area contributed by atoms with E-state index in [1.807, 2.05) is 31.2 Å². The Bertz CT molecular complexity index is 391. The summed E-state index contributed by atoms with van der Waals surface area (Å²) in [5, 5.41) is 0.762. The van der Waals surface area contributed by atoms with Crippen molar-refractivity contribution in [3.05, 3.63) is 40.9 Å². The zero-order valence-electron chi connectivity index (χ0n) is 7.42. The summed E-state index contributed by atoms with van der Waals surface area (Å²) in [6.07, 6.45) is 3.09. The van der Waals surface area contributed by atoms with Gasteiger partial charge in [0.15, 0.2) is 0 Å². The molecule has 1 aromatic carbocycles. The molecule has 1 aliphatic rings. The van der Waals surface area contributed by atoms with Gasteiger partial charge in [-0.3, -0.25) is 4.99 Å². The first kappa shape index (κ1) is 8.52. The lowest BCUT2D eigenvalue weighted by atomic mass is 10.1. The highest BCUT2D eigenvalue weighted by Crippen LogP contribution is 2.24. The topological polar surface area (TPSA) is 12.4 Å². The molecule has 0 N–H and O–H groups in total. The van der Waals surface area contributed by atoms with Crippen molar-refractivity contribution in [1.82, 2.24) is 0 Å². The van der Waals surface area contributed by atoms with Crippen LogP contribution < -0.4 is 0 Å². The molecular formula is C11H10ClN. The zero-order valence-corrected chi connectivity index (χ0v) is 8.17. The van der Waals surface area contributed by atoms with E-state index in [1.165, 1.54) is 0 Å². The SMILES string of the molecule is CC1=NC(c2cccc(Cl)c2)=CC1. The second-order valence-electron chi connectivity index (χ2n) is 3.15. The first-order valence-electron chi connectivity index (χ1n) is 4.26. The second-order valence-corrected chi connectivity index (χ2v) is 3.59. The molecule has 1 heterocycles. The summed E-state index contributed by atoms with van der Waals surface area (Å²) in [5.41, 5.74) is 3.30. The summed E-state index contributed by atoms with van der Waals surface area (Å²) in [5.74, 6) is 0. The Balaban J connectivity index is 2.37. The maximum atomic E-state index is 5.88. The van der Waals surface area contributed by atoms with Gasteiger partial charge in [-0.25, -0.2) is 0 Å². The average molecular weight is 192 g/mol. The Morgan fingerprint density at radius 2 is 2.23 bits per heavy atom. The summed E-state index contributed by atoms with van der Waals surface area (Å²) >= 11 is 5.88. The van der Waals surface area contributed by atoms with Crippen LogP contribution >= 0.6 is 11.6 Å². The van der Waals surface area contributed by atoms with E-state index in [1.54, 1.807) is 0 Å². The lowest BCUT2D eigenvalue weighted by molar-refractivity contribution is 1.50. The quantitative estimate of drug-likeness (QED) is 0.644. The molecule has 0 aromatic heterocycles. The van der Waals surface area contributed by atoms with Crippen molar-refractivity contribution < 1.29 is 0 Å². The predicted molar refractivity (Wildman–Crippen MR) is 57.2 cm³/mol. The molecule has 1 nitrogen and oxygen atoms in total. The summed E-state index contributed by atoms with van der Waals surface area (Å²) in [6, 6.07) is 7.79. The minimum absolute atomic E-state index is 0.762. The third kappa shape index (κ3) is 1.81. The van der Waals surface area contributed by atoms with Gasteiger partial charge in [0.25, 0.3) is 0 Å². The lowest BCUT2D eigenvalue weighted by Gasteiger charge is -1.98. The Labute approximate surface area is 82.8 Å². The van der Waals surface area contributed by atoms with E-state index in [2.05, 4.69) is 11.1 Å². The second kappa shape index (κ2) is 3.35. The van der Waals surface area contributed by atoms with Crippen LogP contribution in [-0.2, 0) is 0 Å². The van der Waals surface area contributed by atoms with E-state index < -0.39 is 0 Å². The van der Waals surface area contributed by atoms with E-state index in [4.69, 9.17) is 11.6 Å². The number of halogens is 1. The molecule has 0 spiro atoms. The molecule has 0 saturated carbocycles. The number of rotatable bonds is 1. The summed E-state index contributed by atoms with van der Waals surface area (Å²) in [4.78, 5) is 4.42. The number of benzene rings is 1. The van der Waals surface area contributed by atoms with Crippen molar-refractivity contribution in [1.29, 1.82) is 0 Å².